The summed E-state index contributed by atoms with van der Waals surface area (Å²) >= 11 is 0. The van der Waals surface area contributed by atoms with E-state index in [2.05, 4.69) is 9.97 Å². The molecule has 2 aromatic rings. The van der Waals surface area contributed by atoms with Crippen LogP contribution in [0.1, 0.15) is 17.0 Å². The minimum Gasteiger partial charge on any atom is -0.496 e. The summed E-state index contributed by atoms with van der Waals surface area (Å²) in [6.45, 7) is 2.02. The van der Waals surface area contributed by atoms with Crippen LogP contribution in [0.4, 0.5) is 4.39 Å². The van der Waals surface area contributed by atoms with Crippen molar-refractivity contribution in [1.29, 1.82) is 0 Å². The Kier molecular flexibility index (Phi) is 3.87. The highest BCUT2D eigenvalue weighted by Gasteiger charge is 2.05. The Hall–Kier alpha value is -1.97. The van der Waals surface area contributed by atoms with Gasteiger partial charge in [0.2, 0.25) is 0 Å². The number of ether oxygens (including phenoxy) is 1. The molecule has 1 aromatic heterocycles. The summed E-state index contributed by atoms with van der Waals surface area (Å²) in [5.74, 6) is 1.10. The van der Waals surface area contributed by atoms with Crippen LogP contribution >= 0.6 is 0 Å². The van der Waals surface area contributed by atoms with Gasteiger partial charge in [-0.05, 0) is 30.5 Å². The highest BCUT2D eigenvalue weighted by Crippen LogP contribution is 2.21. The molecule has 0 spiro atoms. The molecule has 0 fully saturated rings. The lowest BCUT2D eigenvalue weighted by molar-refractivity contribution is 0.409. The number of hydrogen-bond donors (Lipinski definition) is 0. The molecule has 0 radical (unpaired) electrons. The number of nitrogens with zero attached hydrogens (tertiary/aromatic N) is 2. The molecule has 0 aliphatic rings. The van der Waals surface area contributed by atoms with Crippen molar-refractivity contribution in [2.75, 3.05) is 7.11 Å². The van der Waals surface area contributed by atoms with Crippen LogP contribution in [0, 0.1) is 12.7 Å². The second-order valence-corrected chi connectivity index (χ2v) is 4.13. The van der Waals surface area contributed by atoms with Crippen LogP contribution in [0.3, 0.4) is 0 Å². The summed E-state index contributed by atoms with van der Waals surface area (Å²) in [6.07, 6.45) is 3.82. The monoisotopic (exact) mass is 246 g/mol. The summed E-state index contributed by atoms with van der Waals surface area (Å²) in [4.78, 5) is 7.88. The van der Waals surface area contributed by atoms with Gasteiger partial charge >= 0.3 is 0 Å². The number of benzene rings is 1. The largest absolute Gasteiger partial charge is 0.496 e. The molecule has 94 valence electrons. The predicted molar refractivity (Wildman–Crippen MR) is 67.1 cm³/mol. The van der Waals surface area contributed by atoms with Crippen molar-refractivity contribution in [3.05, 3.63) is 53.4 Å². The number of rotatable bonds is 4. The summed E-state index contributed by atoms with van der Waals surface area (Å²) in [7, 11) is 1.66. The highest BCUT2D eigenvalue weighted by atomic mass is 19.1. The normalized spacial score (nSPS) is 10.4. The zero-order valence-corrected chi connectivity index (χ0v) is 10.5. The molecule has 0 aliphatic carbocycles. The zero-order chi connectivity index (χ0) is 13.0. The van der Waals surface area contributed by atoms with E-state index in [0.29, 0.717) is 12.2 Å². The topological polar surface area (TPSA) is 35.0 Å². The summed E-state index contributed by atoms with van der Waals surface area (Å²) in [6, 6.07) is 6.09. The highest BCUT2D eigenvalue weighted by molar-refractivity contribution is 5.37. The summed E-state index contributed by atoms with van der Waals surface area (Å²) in [5.41, 5.74) is 2.27. The quantitative estimate of drug-likeness (QED) is 0.832. The smallest absolute Gasteiger partial charge is 0.159 e. The van der Waals surface area contributed by atoms with Gasteiger partial charge in [0.25, 0.3) is 0 Å². The number of methoxy groups -OCH3 is 1. The molecule has 18 heavy (non-hydrogen) atoms. The van der Waals surface area contributed by atoms with E-state index in [-0.39, 0.29) is 0 Å². The maximum atomic E-state index is 12.7. The first-order valence-corrected chi connectivity index (χ1v) is 5.79. The van der Waals surface area contributed by atoms with Gasteiger partial charge in [-0.3, -0.25) is 0 Å². The third kappa shape index (κ3) is 3.03. The molecule has 0 N–H and O–H groups in total. The van der Waals surface area contributed by atoms with Gasteiger partial charge in [-0.25, -0.2) is 14.4 Å². The van der Waals surface area contributed by atoms with E-state index in [0.717, 1.165) is 23.3 Å². The van der Waals surface area contributed by atoms with Crippen LogP contribution in [0.5, 0.6) is 5.75 Å². The fourth-order valence-electron chi connectivity index (χ4n) is 1.77. The van der Waals surface area contributed by atoms with Gasteiger partial charge in [-0.1, -0.05) is 12.1 Å². The number of aromatic nitrogens is 2. The van der Waals surface area contributed by atoms with Gasteiger partial charge in [-0.2, -0.15) is 0 Å². The van der Waals surface area contributed by atoms with Crippen molar-refractivity contribution in [1.82, 2.24) is 9.97 Å². The van der Waals surface area contributed by atoms with Crippen LogP contribution in [-0.2, 0) is 12.8 Å². The summed E-state index contributed by atoms with van der Waals surface area (Å²) in [5, 5.41) is 0. The minimum atomic E-state index is -0.410. The lowest BCUT2D eigenvalue weighted by Gasteiger charge is -2.08. The first-order valence-electron chi connectivity index (χ1n) is 5.79. The van der Waals surface area contributed by atoms with Gasteiger partial charge in [0.05, 0.1) is 19.5 Å². The molecule has 1 aromatic carbocycles. The van der Waals surface area contributed by atoms with E-state index in [1.54, 1.807) is 7.11 Å². The average molecular weight is 246 g/mol. The number of halogens is 1. The van der Waals surface area contributed by atoms with E-state index < -0.39 is 5.82 Å². The van der Waals surface area contributed by atoms with Crippen molar-refractivity contribution < 1.29 is 9.13 Å². The molecule has 0 unspecified atom stereocenters. The third-order valence-corrected chi connectivity index (χ3v) is 2.73. The molecule has 0 aliphatic heterocycles. The Labute approximate surface area is 106 Å². The SMILES string of the molecule is COc1cc(C)ccc1CCc1ncc(F)cn1. The molecular formula is C14H15FN2O. The van der Waals surface area contributed by atoms with Gasteiger partial charge in [0, 0.05) is 6.42 Å². The van der Waals surface area contributed by atoms with E-state index in [1.165, 1.54) is 12.4 Å². The molecule has 0 saturated carbocycles. The van der Waals surface area contributed by atoms with Crippen molar-refractivity contribution in [2.45, 2.75) is 19.8 Å². The first kappa shape index (κ1) is 12.5. The first-order chi connectivity index (χ1) is 8.69. The van der Waals surface area contributed by atoms with Crippen molar-refractivity contribution in [3.8, 4) is 5.75 Å². The second-order valence-electron chi connectivity index (χ2n) is 4.13. The van der Waals surface area contributed by atoms with E-state index in [4.69, 9.17) is 4.74 Å². The van der Waals surface area contributed by atoms with Crippen molar-refractivity contribution in [2.24, 2.45) is 0 Å². The number of hydrogen-bond acceptors (Lipinski definition) is 3. The lowest BCUT2D eigenvalue weighted by Crippen LogP contribution is -2.00. The van der Waals surface area contributed by atoms with Crippen LogP contribution in [0.25, 0.3) is 0 Å². The van der Waals surface area contributed by atoms with E-state index in [1.807, 2.05) is 25.1 Å². The van der Waals surface area contributed by atoms with Gasteiger partial charge in [0.1, 0.15) is 11.6 Å². The molecule has 0 saturated heterocycles. The van der Waals surface area contributed by atoms with Crippen LogP contribution in [0.2, 0.25) is 0 Å². The Bertz CT molecular complexity index is 526. The van der Waals surface area contributed by atoms with Crippen molar-refractivity contribution in [3.63, 3.8) is 0 Å². The lowest BCUT2D eigenvalue weighted by atomic mass is 10.1. The van der Waals surface area contributed by atoms with Crippen molar-refractivity contribution >= 4 is 0 Å². The Morgan fingerprint density at radius 2 is 1.89 bits per heavy atom. The number of aryl methyl sites for hydroxylation is 3. The maximum absolute atomic E-state index is 12.7. The van der Waals surface area contributed by atoms with Gasteiger partial charge < -0.3 is 4.74 Å². The molecule has 4 heteroatoms. The van der Waals surface area contributed by atoms with Crippen LogP contribution in [-0.4, -0.2) is 17.1 Å². The maximum Gasteiger partial charge on any atom is 0.159 e. The Balaban J connectivity index is 2.08. The fourth-order valence-corrected chi connectivity index (χ4v) is 1.77. The molecule has 2 rings (SSSR count). The standard InChI is InChI=1S/C14H15FN2O/c1-10-3-4-11(13(7-10)18-2)5-6-14-16-8-12(15)9-17-14/h3-4,7-9H,5-6H2,1-2H3. The van der Waals surface area contributed by atoms with Gasteiger partial charge in [-0.15, -0.1) is 0 Å². The molecule has 3 nitrogen and oxygen atoms in total. The van der Waals surface area contributed by atoms with E-state index in [9.17, 15) is 4.39 Å². The molecule has 0 amide bonds. The zero-order valence-electron chi connectivity index (χ0n) is 10.5. The Morgan fingerprint density at radius 3 is 2.56 bits per heavy atom. The molecule has 1 heterocycles. The minimum absolute atomic E-state index is 0.410. The molecular weight excluding hydrogens is 231 g/mol. The Morgan fingerprint density at radius 1 is 1.17 bits per heavy atom. The second kappa shape index (κ2) is 5.58. The van der Waals surface area contributed by atoms with Crippen LogP contribution in [0.15, 0.2) is 30.6 Å². The third-order valence-electron chi connectivity index (χ3n) is 2.73. The summed E-state index contributed by atoms with van der Waals surface area (Å²) < 4.78 is 18.0. The molecule has 0 atom stereocenters. The predicted octanol–water partition coefficient (Wildman–Crippen LogP) is 2.72. The molecule has 0 bridgehead atoms. The van der Waals surface area contributed by atoms with Crippen LogP contribution < -0.4 is 4.74 Å². The van der Waals surface area contributed by atoms with Gasteiger partial charge in [0.15, 0.2) is 5.82 Å². The fraction of sp³-hybridized carbons (Fsp3) is 0.286. The van der Waals surface area contributed by atoms with E-state index >= 15 is 0 Å². The average Bonchev–Trinajstić information content (AvgIpc) is 2.39.